The summed E-state index contributed by atoms with van der Waals surface area (Å²) in [5.41, 5.74) is -0.674. The average Bonchev–Trinajstić information content (AvgIpc) is 3.23. The monoisotopic (exact) mass is 382 g/mol. The van der Waals surface area contributed by atoms with Gasteiger partial charge in [-0.2, -0.15) is 0 Å². The molecule has 0 aromatic rings. The third-order valence-electron chi connectivity index (χ3n) is 6.36. The van der Waals surface area contributed by atoms with Crippen molar-refractivity contribution < 1.29 is 38.1 Å². The first-order valence-electron chi connectivity index (χ1n) is 9.33. The lowest BCUT2D eigenvalue weighted by Crippen LogP contribution is -2.42. The summed E-state index contributed by atoms with van der Waals surface area (Å²) in [7, 11) is 1.30. The summed E-state index contributed by atoms with van der Waals surface area (Å²) >= 11 is 0. The van der Waals surface area contributed by atoms with E-state index in [0.717, 1.165) is 0 Å². The van der Waals surface area contributed by atoms with E-state index in [2.05, 4.69) is 0 Å². The molecule has 0 amide bonds. The van der Waals surface area contributed by atoms with Gasteiger partial charge in [0, 0.05) is 18.3 Å². The molecule has 6 atom stereocenters. The molecule has 1 aliphatic heterocycles. The molecule has 0 spiro atoms. The second kappa shape index (κ2) is 7.13. The molecule has 2 saturated carbocycles. The number of hydrogen-bond donors (Lipinski definition) is 0. The fourth-order valence-electron chi connectivity index (χ4n) is 4.50. The van der Waals surface area contributed by atoms with Gasteiger partial charge in [-0.15, -0.1) is 0 Å². The highest BCUT2D eigenvalue weighted by Gasteiger charge is 2.68. The van der Waals surface area contributed by atoms with Crippen LogP contribution in [0, 0.1) is 29.1 Å². The van der Waals surface area contributed by atoms with Gasteiger partial charge in [-0.25, -0.2) is 4.79 Å². The quantitative estimate of drug-likeness (QED) is 0.478. The topological polar surface area (TPSA) is 105 Å². The van der Waals surface area contributed by atoms with Crippen LogP contribution < -0.4 is 0 Å². The van der Waals surface area contributed by atoms with Crippen LogP contribution in [0.25, 0.3) is 0 Å². The van der Waals surface area contributed by atoms with Gasteiger partial charge in [0.1, 0.15) is 12.2 Å². The Bertz CT molecular complexity index is 654. The fraction of sp³-hybridized carbons (Fsp3) is 0.789. The van der Waals surface area contributed by atoms with Crippen molar-refractivity contribution in [2.45, 2.75) is 52.2 Å². The van der Waals surface area contributed by atoms with Crippen LogP contribution in [0.3, 0.4) is 0 Å². The van der Waals surface area contributed by atoms with E-state index in [0.29, 0.717) is 12.8 Å². The maximum absolute atomic E-state index is 12.2. The molecular weight excluding hydrogens is 356 g/mol. The summed E-state index contributed by atoms with van der Waals surface area (Å²) in [6, 6.07) is 0. The number of methoxy groups -OCH3 is 1. The molecule has 3 aliphatic rings. The first kappa shape index (κ1) is 19.6. The lowest BCUT2D eigenvalue weighted by Gasteiger charge is -2.31. The molecule has 150 valence electrons. The molecule has 0 radical (unpaired) electrons. The third kappa shape index (κ3) is 3.41. The largest absolute Gasteiger partial charge is 0.469 e. The maximum Gasteiger partial charge on any atom is 0.344 e. The highest BCUT2D eigenvalue weighted by Crippen LogP contribution is 2.59. The minimum atomic E-state index is -0.677. The molecule has 0 N–H and O–H groups in total. The molecule has 1 heterocycles. The highest BCUT2D eigenvalue weighted by atomic mass is 16.6. The Kier molecular flexibility index (Phi) is 5.18. The van der Waals surface area contributed by atoms with Crippen LogP contribution in [-0.4, -0.2) is 49.8 Å². The Labute approximate surface area is 157 Å². The van der Waals surface area contributed by atoms with Gasteiger partial charge in [0.05, 0.1) is 18.4 Å². The van der Waals surface area contributed by atoms with Gasteiger partial charge < -0.3 is 18.9 Å². The van der Waals surface area contributed by atoms with Gasteiger partial charge in [-0.3, -0.25) is 14.4 Å². The SMILES string of the molecule is CCC(C)(C)C(=O)OCC(=O)OC1C2CC3C1OC(=O)C3C2CC(=O)OC. The maximum atomic E-state index is 12.2. The van der Waals surface area contributed by atoms with Crippen LogP contribution in [-0.2, 0) is 38.1 Å². The molecule has 6 unspecified atom stereocenters. The van der Waals surface area contributed by atoms with Gasteiger partial charge >= 0.3 is 23.9 Å². The van der Waals surface area contributed by atoms with Gasteiger partial charge in [0.2, 0.25) is 0 Å². The zero-order valence-corrected chi connectivity index (χ0v) is 16.1. The predicted octanol–water partition coefficient (Wildman–Crippen LogP) is 1.25. The van der Waals surface area contributed by atoms with Gasteiger partial charge in [0.15, 0.2) is 6.61 Å². The number of carbonyl (C=O) groups is 4. The first-order valence-corrected chi connectivity index (χ1v) is 9.33. The van der Waals surface area contributed by atoms with Crippen LogP contribution in [0.5, 0.6) is 0 Å². The minimum Gasteiger partial charge on any atom is -0.469 e. The van der Waals surface area contributed by atoms with E-state index in [1.807, 2.05) is 6.92 Å². The fourth-order valence-corrected chi connectivity index (χ4v) is 4.50. The number of esters is 4. The van der Waals surface area contributed by atoms with E-state index in [1.165, 1.54) is 7.11 Å². The lowest BCUT2D eigenvalue weighted by atomic mass is 9.77. The summed E-state index contributed by atoms with van der Waals surface area (Å²) < 4.78 is 20.7. The summed E-state index contributed by atoms with van der Waals surface area (Å²) in [6.45, 7) is 4.86. The molecular formula is C19H26O8. The second-order valence-corrected chi connectivity index (χ2v) is 8.20. The van der Waals surface area contributed by atoms with Crippen LogP contribution in [0.15, 0.2) is 0 Å². The van der Waals surface area contributed by atoms with Crippen molar-refractivity contribution in [1.29, 1.82) is 0 Å². The van der Waals surface area contributed by atoms with Gasteiger partial charge in [0.25, 0.3) is 0 Å². The third-order valence-corrected chi connectivity index (χ3v) is 6.36. The second-order valence-electron chi connectivity index (χ2n) is 8.20. The summed E-state index contributed by atoms with van der Waals surface area (Å²) in [5, 5.41) is 0. The zero-order chi connectivity index (χ0) is 19.9. The first-order chi connectivity index (χ1) is 12.7. The van der Waals surface area contributed by atoms with Crippen LogP contribution in [0.4, 0.5) is 0 Å². The minimum absolute atomic E-state index is 0.0449. The normalized spacial score (nSPS) is 33.6. The predicted molar refractivity (Wildman–Crippen MR) is 90.0 cm³/mol. The summed E-state index contributed by atoms with van der Waals surface area (Å²) in [5.74, 6) is -2.65. The number of carbonyl (C=O) groups excluding carboxylic acids is 4. The Balaban J connectivity index is 1.62. The van der Waals surface area contributed by atoms with Gasteiger partial charge in [-0.1, -0.05) is 6.92 Å². The summed E-state index contributed by atoms with van der Waals surface area (Å²) in [6.07, 6.45) is 0.259. The average molecular weight is 382 g/mol. The zero-order valence-electron chi connectivity index (χ0n) is 16.1. The van der Waals surface area contributed by atoms with Crippen LogP contribution in [0.2, 0.25) is 0 Å². The Morgan fingerprint density at radius 3 is 2.52 bits per heavy atom. The van der Waals surface area contributed by atoms with E-state index in [1.54, 1.807) is 13.8 Å². The molecule has 3 fully saturated rings. The van der Waals surface area contributed by atoms with Crippen molar-refractivity contribution in [2.24, 2.45) is 29.1 Å². The lowest BCUT2D eigenvalue weighted by molar-refractivity contribution is -0.173. The molecule has 8 heteroatoms. The van der Waals surface area contributed by atoms with Gasteiger partial charge in [-0.05, 0) is 32.6 Å². The number of ether oxygens (including phenoxy) is 4. The van der Waals surface area contributed by atoms with E-state index in [9.17, 15) is 19.2 Å². The van der Waals surface area contributed by atoms with E-state index < -0.39 is 42.1 Å². The van der Waals surface area contributed by atoms with E-state index in [4.69, 9.17) is 18.9 Å². The van der Waals surface area contributed by atoms with Crippen molar-refractivity contribution in [1.82, 2.24) is 0 Å². The number of hydrogen-bond acceptors (Lipinski definition) is 8. The molecule has 1 saturated heterocycles. The molecule has 0 aromatic heterocycles. The van der Waals surface area contributed by atoms with Crippen molar-refractivity contribution in [2.75, 3.05) is 13.7 Å². The van der Waals surface area contributed by atoms with Crippen molar-refractivity contribution >= 4 is 23.9 Å². The molecule has 3 rings (SSSR count). The molecule has 0 aromatic carbocycles. The van der Waals surface area contributed by atoms with Crippen molar-refractivity contribution in [3.8, 4) is 0 Å². The van der Waals surface area contributed by atoms with Crippen molar-refractivity contribution in [3.63, 3.8) is 0 Å². The molecule has 2 bridgehead atoms. The highest BCUT2D eigenvalue weighted by molar-refractivity contribution is 5.81. The standard InChI is InChI=1S/C19H26O8/c1-5-19(2,3)18(23)25-8-13(21)26-15-10-6-11-14(17(22)27-16(11)15)9(10)7-12(20)24-4/h9-11,14-16H,5-8H2,1-4H3. The molecule has 8 nitrogen and oxygen atoms in total. The Hall–Kier alpha value is -2.12. The number of rotatable bonds is 7. The Morgan fingerprint density at radius 2 is 1.89 bits per heavy atom. The molecule has 2 aliphatic carbocycles. The smallest absolute Gasteiger partial charge is 0.344 e. The van der Waals surface area contributed by atoms with Crippen molar-refractivity contribution in [3.05, 3.63) is 0 Å². The van der Waals surface area contributed by atoms with Crippen LogP contribution >= 0.6 is 0 Å². The van der Waals surface area contributed by atoms with E-state index >= 15 is 0 Å². The van der Waals surface area contributed by atoms with Crippen LogP contribution in [0.1, 0.15) is 40.0 Å². The molecule has 27 heavy (non-hydrogen) atoms. The van der Waals surface area contributed by atoms with E-state index in [-0.39, 0.29) is 36.1 Å². The number of fused-ring (bicyclic) bond motifs is 1. The Morgan fingerprint density at radius 1 is 1.19 bits per heavy atom. The summed E-state index contributed by atoms with van der Waals surface area (Å²) in [4.78, 5) is 48.1.